The molecular formula is C14H20OS. The summed E-state index contributed by atoms with van der Waals surface area (Å²) >= 11 is 2.00. The maximum absolute atomic E-state index is 9.43. The fraction of sp³-hybridized carbons (Fsp3) is 0.571. The molecule has 0 aromatic heterocycles. The predicted molar refractivity (Wildman–Crippen MR) is 69.8 cm³/mol. The highest BCUT2D eigenvalue weighted by molar-refractivity contribution is 8.00. The summed E-state index contributed by atoms with van der Waals surface area (Å²) in [7, 11) is 0. The second kappa shape index (κ2) is 5.74. The SMILES string of the molecule is C[C@H](O)c1ccc(SC2CCCCC2)cc1. The average Bonchev–Trinajstić information content (AvgIpc) is 2.31. The Morgan fingerprint density at radius 3 is 2.31 bits per heavy atom. The monoisotopic (exact) mass is 236 g/mol. The van der Waals surface area contributed by atoms with Gasteiger partial charge in [-0.3, -0.25) is 0 Å². The summed E-state index contributed by atoms with van der Waals surface area (Å²) in [6.45, 7) is 1.81. The van der Waals surface area contributed by atoms with Crippen LogP contribution in [0.1, 0.15) is 50.7 Å². The van der Waals surface area contributed by atoms with Gasteiger partial charge in [0.2, 0.25) is 0 Å². The molecule has 1 aliphatic rings. The lowest BCUT2D eigenvalue weighted by molar-refractivity contribution is 0.199. The number of hydrogen-bond donors (Lipinski definition) is 1. The summed E-state index contributed by atoms with van der Waals surface area (Å²) in [6.07, 6.45) is 6.57. The van der Waals surface area contributed by atoms with Crippen molar-refractivity contribution in [1.82, 2.24) is 0 Å². The zero-order chi connectivity index (χ0) is 11.4. The summed E-state index contributed by atoms with van der Waals surface area (Å²) in [5, 5.41) is 10.2. The Kier molecular flexibility index (Phi) is 4.30. The molecule has 0 bridgehead atoms. The third-order valence-electron chi connectivity index (χ3n) is 3.22. The van der Waals surface area contributed by atoms with Gasteiger partial charge in [-0.1, -0.05) is 31.4 Å². The summed E-state index contributed by atoms with van der Waals surface area (Å²) in [5.41, 5.74) is 1.01. The first-order valence-electron chi connectivity index (χ1n) is 6.20. The highest BCUT2D eigenvalue weighted by Gasteiger charge is 2.14. The van der Waals surface area contributed by atoms with E-state index in [1.165, 1.54) is 37.0 Å². The summed E-state index contributed by atoms with van der Waals surface area (Å²) in [5.74, 6) is 0. The first kappa shape index (κ1) is 12.0. The van der Waals surface area contributed by atoms with Crippen LogP contribution in [0.5, 0.6) is 0 Å². The van der Waals surface area contributed by atoms with E-state index >= 15 is 0 Å². The Bertz CT molecular complexity index is 312. The van der Waals surface area contributed by atoms with Gasteiger partial charge in [-0.2, -0.15) is 0 Å². The summed E-state index contributed by atoms with van der Waals surface area (Å²) in [6, 6.07) is 8.36. The standard InChI is InChI=1S/C14H20OS/c1-11(15)12-7-9-14(10-8-12)16-13-5-3-2-4-6-13/h7-11,13,15H,2-6H2,1H3/t11-/m0/s1. The Labute approximate surface area is 102 Å². The molecule has 1 nitrogen and oxygen atoms in total. The van der Waals surface area contributed by atoms with Gasteiger partial charge in [-0.15, -0.1) is 11.8 Å². The van der Waals surface area contributed by atoms with Gasteiger partial charge < -0.3 is 5.11 Å². The second-order valence-corrected chi connectivity index (χ2v) is 6.00. The fourth-order valence-corrected chi connectivity index (χ4v) is 3.45. The van der Waals surface area contributed by atoms with Crippen molar-refractivity contribution in [2.75, 3.05) is 0 Å². The third-order valence-corrected chi connectivity index (χ3v) is 4.57. The van der Waals surface area contributed by atoms with Crippen LogP contribution in [0.4, 0.5) is 0 Å². The Morgan fingerprint density at radius 1 is 1.12 bits per heavy atom. The third kappa shape index (κ3) is 3.26. The Balaban J connectivity index is 1.93. The van der Waals surface area contributed by atoms with Crippen LogP contribution < -0.4 is 0 Å². The number of thioether (sulfide) groups is 1. The van der Waals surface area contributed by atoms with E-state index in [0.717, 1.165) is 10.8 Å². The van der Waals surface area contributed by atoms with E-state index in [4.69, 9.17) is 0 Å². The van der Waals surface area contributed by atoms with Crippen LogP contribution in [0.25, 0.3) is 0 Å². The van der Waals surface area contributed by atoms with Gasteiger partial charge in [0.25, 0.3) is 0 Å². The minimum Gasteiger partial charge on any atom is -0.389 e. The molecule has 0 heterocycles. The van der Waals surface area contributed by atoms with Crippen LogP contribution in [0.15, 0.2) is 29.2 Å². The molecule has 1 fully saturated rings. The van der Waals surface area contributed by atoms with Crippen molar-refractivity contribution >= 4 is 11.8 Å². The maximum Gasteiger partial charge on any atom is 0.0761 e. The van der Waals surface area contributed by atoms with Crippen molar-refractivity contribution in [2.24, 2.45) is 0 Å². The van der Waals surface area contributed by atoms with Crippen molar-refractivity contribution in [2.45, 2.75) is 55.3 Å². The van der Waals surface area contributed by atoms with E-state index in [1.54, 1.807) is 0 Å². The lowest BCUT2D eigenvalue weighted by Gasteiger charge is -2.21. The van der Waals surface area contributed by atoms with E-state index in [9.17, 15) is 5.11 Å². The zero-order valence-electron chi connectivity index (χ0n) is 9.86. The van der Waals surface area contributed by atoms with Crippen molar-refractivity contribution in [1.29, 1.82) is 0 Å². The molecule has 1 aliphatic carbocycles. The lowest BCUT2D eigenvalue weighted by Crippen LogP contribution is -2.07. The maximum atomic E-state index is 9.43. The number of rotatable bonds is 3. The van der Waals surface area contributed by atoms with Crippen LogP contribution in [-0.4, -0.2) is 10.4 Å². The van der Waals surface area contributed by atoms with Crippen LogP contribution in [0.3, 0.4) is 0 Å². The minimum absolute atomic E-state index is 0.353. The molecule has 1 N–H and O–H groups in total. The molecule has 0 amide bonds. The van der Waals surface area contributed by atoms with Crippen molar-refractivity contribution in [3.05, 3.63) is 29.8 Å². The first-order valence-corrected chi connectivity index (χ1v) is 7.08. The van der Waals surface area contributed by atoms with Crippen LogP contribution in [0, 0.1) is 0 Å². The van der Waals surface area contributed by atoms with E-state index < -0.39 is 0 Å². The highest BCUT2D eigenvalue weighted by atomic mass is 32.2. The van der Waals surface area contributed by atoms with E-state index in [-0.39, 0.29) is 6.10 Å². The summed E-state index contributed by atoms with van der Waals surface area (Å²) < 4.78 is 0. The molecule has 1 aromatic carbocycles. The van der Waals surface area contributed by atoms with Gasteiger partial charge in [0.1, 0.15) is 0 Å². The van der Waals surface area contributed by atoms with Gasteiger partial charge >= 0.3 is 0 Å². The van der Waals surface area contributed by atoms with E-state index in [2.05, 4.69) is 12.1 Å². The molecule has 0 unspecified atom stereocenters. The predicted octanol–water partition coefficient (Wildman–Crippen LogP) is 4.16. The molecular weight excluding hydrogens is 216 g/mol. The molecule has 1 saturated carbocycles. The van der Waals surface area contributed by atoms with Crippen molar-refractivity contribution < 1.29 is 5.11 Å². The Morgan fingerprint density at radius 2 is 1.75 bits per heavy atom. The molecule has 1 atom stereocenters. The molecule has 0 spiro atoms. The molecule has 0 aliphatic heterocycles. The van der Waals surface area contributed by atoms with Crippen molar-refractivity contribution in [3.63, 3.8) is 0 Å². The lowest BCUT2D eigenvalue weighted by atomic mass is 10.0. The molecule has 1 aromatic rings. The minimum atomic E-state index is -0.353. The van der Waals surface area contributed by atoms with Gasteiger partial charge in [0.15, 0.2) is 0 Å². The van der Waals surface area contributed by atoms with Gasteiger partial charge in [0.05, 0.1) is 6.10 Å². The molecule has 16 heavy (non-hydrogen) atoms. The van der Waals surface area contributed by atoms with E-state index in [0.29, 0.717) is 0 Å². The number of benzene rings is 1. The first-order chi connectivity index (χ1) is 7.75. The number of aliphatic hydroxyl groups excluding tert-OH is 1. The zero-order valence-corrected chi connectivity index (χ0v) is 10.7. The summed E-state index contributed by atoms with van der Waals surface area (Å²) in [4.78, 5) is 1.34. The quantitative estimate of drug-likeness (QED) is 0.850. The van der Waals surface area contributed by atoms with Crippen LogP contribution in [-0.2, 0) is 0 Å². The largest absolute Gasteiger partial charge is 0.389 e. The number of aliphatic hydroxyl groups is 1. The smallest absolute Gasteiger partial charge is 0.0761 e. The normalized spacial score (nSPS) is 19.6. The highest BCUT2D eigenvalue weighted by Crippen LogP contribution is 2.33. The van der Waals surface area contributed by atoms with Crippen LogP contribution in [0.2, 0.25) is 0 Å². The van der Waals surface area contributed by atoms with Crippen molar-refractivity contribution in [3.8, 4) is 0 Å². The van der Waals surface area contributed by atoms with E-state index in [1.807, 2.05) is 30.8 Å². The topological polar surface area (TPSA) is 20.2 Å². The van der Waals surface area contributed by atoms with Gasteiger partial charge in [-0.05, 0) is 37.5 Å². The van der Waals surface area contributed by atoms with Gasteiger partial charge in [0, 0.05) is 10.1 Å². The molecule has 0 radical (unpaired) electrons. The average molecular weight is 236 g/mol. The second-order valence-electron chi connectivity index (χ2n) is 4.62. The molecule has 2 heteroatoms. The van der Waals surface area contributed by atoms with Crippen LogP contribution >= 0.6 is 11.8 Å². The fourth-order valence-electron chi connectivity index (χ4n) is 2.20. The number of hydrogen-bond acceptors (Lipinski definition) is 2. The molecule has 2 rings (SSSR count). The molecule has 88 valence electrons. The van der Waals surface area contributed by atoms with Gasteiger partial charge in [-0.25, -0.2) is 0 Å². The molecule has 0 saturated heterocycles. The Hall–Kier alpha value is -0.470.